The van der Waals surface area contributed by atoms with Gasteiger partial charge < -0.3 is 9.47 Å². The first-order valence-corrected chi connectivity index (χ1v) is 7.93. The van der Waals surface area contributed by atoms with Crippen LogP contribution in [0, 0.1) is 0 Å². The van der Waals surface area contributed by atoms with Gasteiger partial charge in [0.2, 0.25) is 0 Å². The maximum Gasteiger partial charge on any atom is 0.272 e. The van der Waals surface area contributed by atoms with Gasteiger partial charge in [0.15, 0.2) is 11.5 Å². The largest absolute Gasteiger partial charge is 0.486 e. The van der Waals surface area contributed by atoms with E-state index in [1.165, 1.54) is 0 Å². The molecule has 23 heavy (non-hydrogen) atoms. The van der Waals surface area contributed by atoms with Crippen LogP contribution in [0.1, 0.15) is 22.8 Å². The van der Waals surface area contributed by atoms with Crippen molar-refractivity contribution in [3.63, 3.8) is 0 Å². The highest BCUT2D eigenvalue weighted by Crippen LogP contribution is 2.30. The van der Waals surface area contributed by atoms with Crippen molar-refractivity contribution in [2.75, 3.05) is 13.2 Å². The molecule has 2 aromatic carbocycles. The quantitative estimate of drug-likeness (QED) is 0.661. The summed E-state index contributed by atoms with van der Waals surface area (Å²) in [5.41, 5.74) is 4.64. The first kappa shape index (κ1) is 15.6. The summed E-state index contributed by atoms with van der Waals surface area (Å²) in [6, 6.07) is 12.8. The third-order valence-corrected chi connectivity index (χ3v) is 4.10. The van der Waals surface area contributed by atoms with E-state index in [2.05, 4.69) is 26.5 Å². The summed E-state index contributed by atoms with van der Waals surface area (Å²) in [7, 11) is 0. The fourth-order valence-corrected chi connectivity index (χ4v) is 2.64. The monoisotopic (exact) mass is 374 g/mol. The number of carbonyl (C=O) groups excluding carboxylic acids is 1. The summed E-state index contributed by atoms with van der Waals surface area (Å²) in [5, 5.41) is 4.16. The van der Waals surface area contributed by atoms with E-state index in [1.54, 1.807) is 12.1 Å². The van der Waals surface area contributed by atoms with Crippen LogP contribution in [0.25, 0.3) is 0 Å². The highest BCUT2D eigenvalue weighted by atomic mass is 79.9. The molecule has 0 unspecified atom stereocenters. The van der Waals surface area contributed by atoms with Crippen molar-refractivity contribution in [1.82, 2.24) is 5.43 Å². The Balaban J connectivity index is 1.75. The molecule has 1 amide bonds. The Morgan fingerprint density at radius 3 is 2.65 bits per heavy atom. The van der Waals surface area contributed by atoms with E-state index in [1.807, 2.05) is 37.3 Å². The first-order chi connectivity index (χ1) is 11.1. The Bertz CT molecular complexity index is 774. The number of hydrogen-bond acceptors (Lipinski definition) is 4. The zero-order valence-electron chi connectivity index (χ0n) is 12.5. The number of hydrogen-bond donors (Lipinski definition) is 1. The van der Waals surface area contributed by atoms with Crippen molar-refractivity contribution in [1.29, 1.82) is 0 Å². The average molecular weight is 375 g/mol. The molecular weight excluding hydrogens is 360 g/mol. The molecule has 2 aromatic rings. The van der Waals surface area contributed by atoms with Crippen molar-refractivity contribution < 1.29 is 14.3 Å². The van der Waals surface area contributed by atoms with Crippen LogP contribution in [-0.4, -0.2) is 24.8 Å². The van der Waals surface area contributed by atoms with Crippen LogP contribution >= 0.6 is 15.9 Å². The highest BCUT2D eigenvalue weighted by molar-refractivity contribution is 9.10. The lowest BCUT2D eigenvalue weighted by Gasteiger charge is -2.18. The molecule has 0 saturated heterocycles. The van der Waals surface area contributed by atoms with Gasteiger partial charge in [-0.2, -0.15) is 5.10 Å². The molecule has 0 atom stereocenters. The minimum absolute atomic E-state index is 0.269. The summed E-state index contributed by atoms with van der Waals surface area (Å²) in [4.78, 5) is 12.1. The third-order valence-electron chi connectivity index (χ3n) is 3.40. The van der Waals surface area contributed by atoms with Gasteiger partial charge in [-0.25, -0.2) is 5.43 Å². The zero-order chi connectivity index (χ0) is 16.2. The van der Waals surface area contributed by atoms with E-state index in [9.17, 15) is 4.79 Å². The molecule has 1 aliphatic heterocycles. The number of hydrazone groups is 1. The lowest BCUT2D eigenvalue weighted by atomic mass is 10.1. The van der Waals surface area contributed by atoms with Crippen molar-refractivity contribution in [3.05, 3.63) is 58.1 Å². The van der Waals surface area contributed by atoms with Crippen LogP contribution in [0.2, 0.25) is 0 Å². The molecule has 0 aromatic heterocycles. The van der Waals surface area contributed by atoms with Crippen LogP contribution in [-0.2, 0) is 0 Å². The molecule has 0 aliphatic carbocycles. The Kier molecular flexibility index (Phi) is 4.62. The maximum atomic E-state index is 12.1. The molecule has 6 heteroatoms. The van der Waals surface area contributed by atoms with E-state index < -0.39 is 0 Å². The van der Waals surface area contributed by atoms with E-state index in [0.717, 1.165) is 15.8 Å². The number of halogens is 1. The molecule has 1 aliphatic rings. The minimum atomic E-state index is -0.269. The average Bonchev–Trinajstić information content (AvgIpc) is 2.59. The molecule has 1 N–H and O–H groups in total. The van der Waals surface area contributed by atoms with E-state index in [-0.39, 0.29) is 5.91 Å². The predicted octanol–water partition coefficient (Wildman–Crippen LogP) is 3.37. The van der Waals surface area contributed by atoms with Gasteiger partial charge in [0.1, 0.15) is 13.2 Å². The van der Waals surface area contributed by atoms with Crippen LogP contribution in [0.15, 0.2) is 52.0 Å². The predicted molar refractivity (Wildman–Crippen MR) is 91.3 cm³/mol. The lowest BCUT2D eigenvalue weighted by Crippen LogP contribution is -2.20. The molecule has 3 rings (SSSR count). The van der Waals surface area contributed by atoms with E-state index in [4.69, 9.17) is 9.47 Å². The minimum Gasteiger partial charge on any atom is -0.486 e. The van der Waals surface area contributed by atoms with Gasteiger partial charge in [0.05, 0.1) is 11.3 Å². The van der Waals surface area contributed by atoms with Crippen molar-refractivity contribution in [2.24, 2.45) is 5.10 Å². The lowest BCUT2D eigenvalue weighted by molar-refractivity contribution is 0.0954. The fourth-order valence-electron chi connectivity index (χ4n) is 2.17. The Hall–Kier alpha value is -2.34. The van der Waals surface area contributed by atoms with E-state index >= 15 is 0 Å². The van der Waals surface area contributed by atoms with Crippen LogP contribution < -0.4 is 14.9 Å². The van der Waals surface area contributed by atoms with Crippen molar-refractivity contribution in [2.45, 2.75) is 6.92 Å². The Morgan fingerprint density at radius 1 is 1.13 bits per heavy atom. The maximum absolute atomic E-state index is 12.1. The Labute approximate surface area is 142 Å². The summed E-state index contributed by atoms with van der Waals surface area (Å²) in [5.74, 6) is 1.15. The third kappa shape index (κ3) is 3.53. The van der Waals surface area contributed by atoms with Crippen molar-refractivity contribution >= 4 is 27.5 Å². The summed E-state index contributed by atoms with van der Waals surface area (Å²) in [6.07, 6.45) is 0. The van der Waals surface area contributed by atoms with Gasteiger partial charge >= 0.3 is 0 Å². The van der Waals surface area contributed by atoms with Gasteiger partial charge in [0.25, 0.3) is 5.91 Å². The molecule has 0 saturated carbocycles. The topological polar surface area (TPSA) is 59.9 Å². The van der Waals surface area contributed by atoms with Crippen LogP contribution in [0.5, 0.6) is 11.5 Å². The number of carbonyl (C=O) groups is 1. The molecule has 0 bridgehead atoms. The number of nitrogens with one attached hydrogen (secondary N) is 1. The van der Waals surface area contributed by atoms with Gasteiger partial charge in [-0.05, 0) is 53.2 Å². The molecule has 0 fully saturated rings. The number of ether oxygens (including phenoxy) is 2. The van der Waals surface area contributed by atoms with Gasteiger partial charge in [-0.3, -0.25) is 4.79 Å². The normalized spacial score (nSPS) is 13.6. The summed E-state index contributed by atoms with van der Waals surface area (Å²) in [6.45, 7) is 2.92. The standard InChI is InChI=1S/C17H15BrN2O3/c1-11(12-6-7-15-16(10-12)23-9-8-22-15)19-20-17(21)13-4-2-3-5-14(13)18/h2-7,10H,8-9H2,1H3,(H,20,21)/b19-11+. The SMILES string of the molecule is C/C(=N\NC(=O)c1ccccc1Br)c1ccc2c(c1)OCCO2. The molecule has 0 spiro atoms. The number of amides is 1. The number of rotatable bonds is 3. The summed E-state index contributed by atoms with van der Waals surface area (Å²) < 4.78 is 11.8. The number of fused-ring (bicyclic) bond motifs is 1. The second-order valence-corrected chi connectivity index (χ2v) is 5.83. The van der Waals surface area contributed by atoms with Gasteiger partial charge in [-0.1, -0.05) is 12.1 Å². The molecule has 5 nitrogen and oxygen atoms in total. The summed E-state index contributed by atoms with van der Waals surface area (Å²) >= 11 is 3.35. The smallest absolute Gasteiger partial charge is 0.272 e. The molecule has 0 radical (unpaired) electrons. The number of benzene rings is 2. The molecule has 1 heterocycles. The van der Waals surface area contributed by atoms with Gasteiger partial charge in [0, 0.05) is 10.0 Å². The molecular formula is C17H15BrN2O3. The van der Waals surface area contributed by atoms with E-state index in [0.29, 0.717) is 30.2 Å². The van der Waals surface area contributed by atoms with Gasteiger partial charge in [-0.15, -0.1) is 0 Å². The molecule has 118 valence electrons. The fraction of sp³-hybridized carbons (Fsp3) is 0.176. The Morgan fingerprint density at radius 2 is 1.87 bits per heavy atom. The second kappa shape index (κ2) is 6.83. The highest BCUT2D eigenvalue weighted by Gasteiger charge is 2.13. The second-order valence-electron chi connectivity index (χ2n) is 4.98. The zero-order valence-corrected chi connectivity index (χ0v) is 14.1. The van der Waals surface area contributed by atoms with Crippen molar-refractivity contribution in [3.8, 4) is 11.5 Å². The number of nitrogens with zero attached hydrogens (tertiary/aromatic N) is 1. The van der Waals surface area contributed by atoms with Crippen LogP contribution in [0.3, 0.4) is 0 Å². The first-order valence-electron chi connectivity index (χ1n) is 7.14. The van der Waals surface area contributed by atoms with Crippen LogP contribution in [0.4, 0.5) is 0 Å².